The summed E-state index contributed by atoms with van der Waals surface area (Å²) in [7, 11) is 0. The highest BCUT2D eigenvalue weighted by atomic mass is 16.1. The highest BCUT2D eigenvalue weighted by Crippen LogP contribution is 2.11. The van der Waals surface area contributed by atoms with Crippen molar-refractivity contribution in [2.45, 2.75) is 38.6 Å². The van der Waals surface area contributed by atoms with E-state index in [0.29, 0.717) is 18.2 Å². The fraction of sp³-hybridized carbons (Fsp3) is 0.727. The summed E-state index contributed by atoms with van der Waals surface area (Å²) in [6, 6.07) is 0.379. The maximum Gasteiger partial charge on any atom is 0.184 e. The third-order valence-electron chi connectivity index (χ3n) is 2.94. The van der Waals surface area contributed by atoms with Crippen LogP contribution in [0.4, 0.5) is 0 Å². The largest absolute Gasteiger partial charge is 0.312 e. The molecule has 0 amide bonds. The van der Waals surface area contributed by atoms with Crippen LogP contribution in [-0.4, -0.2) is 33.9 Å². The molecule has 0 aromatic carbocycles. The number of nitrogens with one attached hydrogen (secondary N) is 1. The van der Waals surface area contributed by atoms with E-state index in [0.717, 1.165) is 32.4 Å². The van der Waals surface area contributed by atoms with Crippen LogP contribution in [0.2, 0.25) is 0 Å². The summed E-state index contributed by atoms with van der Waals surface area (Å²) in [6.45, 7) is 3.98. The maximum atomic E-state index is 11.7. The van der Waals surface area contributed by atoms with Gasteiger partial charge >= 0.3 is 0 Å². The van der Waals surface area contributed by atoms with E-state index < -0.39 is 0 Å². The second-order valence-corrected chi connectivity index (χ2v) is 4.28. The topological polar surface area (TPSA) is 59.8 Å². The number of aromatic nitrogens is 3. The first-order valence-electron chi connectivity index (χ1n) is 5.97. The van der Waals surface area contributed by atoms with Crippen LogP contribution >= 0.6 is 0 Å². The van der Waals surface area contributed by atoms with Crippen LogP contribution in [0.25, 0.3) is 0 Å². The van der Waals surface area contributed by atoms with Crippen LogP contribution < -0.4 is 5.32 Å². The van der Waals surface area contributed by atoms with Gasteiger partial charge in [-0.3, -0.25) is 4.79 Å². The number of rotatable bonds is 6. The number of ketones is 1. The number of carbonyl (C=O) groups is 1. The summed E-state index contributed by atoms with van der Waals surface area (Å²) < 4.78 is 1.80. The van der Waals surface area contributed by atoms with Crippen molar-refractivity contribution in [1.82, 2.24) is 20.3 Å². The first kappa shape index (κ1) is 11.3. The van der Waals surface area contributed by atoms with E-state index in [1.165, 1.54) is 0 Å². The van der Waals surface area contributed by atoms with Crippen LogP contribution in [0.1, 0.15) is 49.1 Å². The van der Waals surface area contributed by atoms with E-state index in [1.54, 1.807) is 10.9 Å². The van der Waals surface area contributed by atoms with Gasteiger partial charge in [0, 0.05) is 19.5 Å². The van der Waals surface area contributed by atoms with E-state index in [1.807, 2.05) is 0 Å². The van der Waals surface area contributed by atoms with E-state index in [-0.39, 0.29) is 5.78 Å². The van der Waals surface area contributed by atoms with Gasteiger partial charge in [0.1, 0.15) is 5.69 Å². The second kappa shape index (κ2) is 5.21. The first-order valence-corrected chi connectivity index (χ1v) is 5.97. The van der Waals surface area contributed by atoms with Crippen LogP contribution in [-0.2, 0) is 0 Å². The van der Waals surface area contributed by atoms with Crippen LogP contribution in [0.15, 0.2) is 6.20 Å². The summed E-state index contributed by atoms with van der Waals surface area (Å²) in [5.74, 6) is 0.118. The third kappa shape index (κ3) is 2.47. The number of carbonyl (C=O) groups excluding carboxylic acids is 1. The molecule has 88 valence electrons. The van der Waals surface area contributed by atoms with Crippen molar-refractivity contribution in [3.8, 4) is 0 Å². The second-order valence-electron chi connectivity index (χ2n) is 4.28. The lowest BCUT2D eigenvalue weighted by Gasteiger charge is -2.26. The van der Waals surface area contributed by atoms with Crippen molar-refractivity contribution in [3.63, 3.8) is 0 Å². The standard InChI is InChI=1S/C11H18N4O/c1-2-3-4-5-11(16)10-8-15(14-13-10)9-6-12-7-9/h8-9,12H,2-7H2,1H3. The summed E-state index contributed by atoms with van der Waals surface area (Å²) in [6.07, 6.45) is 5.56. The molecule has 2 heterocycles. The van der Waals surface area contributed by atoms with E-state index in [2.05, 4.69) is 22.6 Å². The number of Topliss-reactive ketones (excluding diaryl/α,β-unsaturated/α-hetero) is 1. The van der Waals surface area contributed by atoms with Crippen molar-refractivity contribution < 1.29 is 4.79 Å². The van der Waals surface area contributed by atoms with Gasteiger partial charge < -0.3 is 5.32 Å². The highest BCUT2D eigenvalue weighted by Gasteiger charge is 2.21. The Kier molecular flexibility index (Phi) is 3.66. The molecule has 0 bridgehead atoms. The Bertz CT molecular complexity index is 357. The van der Waals surface area contributed by atoms with Gasteiger partial charge in [-0.15, -0.1) is 5.10 Å². The molecule has 0 atom stereocenters. The molecular weight excluding hydrogens is 204 g/mol. The maximum absolute atomic E-state index is 11.7. The van der Waals surface area contributed by atoms with Crippen LogP contribution in [0.5, 0.6) is 0 Å². The van der Waals surface area contributed by atoms with Crippen molar-refractivity contribution in [2.24, 2.45) is 0 Å². The molecule has 0 radical (unpaired) electrons. The van der Waals surface area contributed by atoms with Crippen LogP contribution in [0, 0.1) is 0 Å². The van der Waals surface area contributed by atoms with Gasteiger partial charge in [0.05, 0.1) is 12.2 Å². The summed E-state index contributed by atoms with van der Waals surface area (Å²) in [5, 5.41) is 11.1. The molecule has 1 aliphatic heterocycles. The molecule has 16 heavy (non-hydrogen) atoms. The van der Waals surface area contributed by atoms with Crippen molar-refractivity contribution >= 4 is 5.78 Å². The Balaban J connectivity index is 1.87. The van der Waals surface area contributed by atoms with E-state index in [4.69, 9.17) is 0 Å². The Morgan fingerprint density at radius 2 is 2.38 bits per heavy atom. The van der Waals surface area contributed by atoms with Gasteiger partial charge in [-0.2, -0.15) is 0 Å². The fourth-order valence-corrected chi connectivity index (χ4v) is 1.71. The molecule has 0 spiro atoms. The summed E-state index contributed by atoms with van der Waals surface area (Å²) in [4.78, 5) is 11.7. The Morgan fingerprint density at radius 1 is 1.56 bits per heavy atom. The Labute approximate surface area is 95.2 Å². The van der Waals surface area contributed by atoms with E-state index in [9.17, 15) is 4.79 Å². The number of hydrogen-bond acceptors (Lipinski definition) is 4. The molecule has 5 nitrogen and oxygen atoms in total. The molecule has 2 rings (SSSR count). The van der Waals surface area contributed by atoms with Gasteiger partial charge in [0.15, 0.2) is 5.78 Å². The molecule has 0 aliphatic carbocycles. The minimum Gasteiger partial charge on any atom is -0.312 e. The molecule has 1 saturated heterocycles. The predicted octanol–water partition coefficient (Wildman–Crippen LogP) is 1.19. The van der Waals surface area contributed by atoms with Gasteiger partial charge in [-0.25, -0.2) is 4.68 Å². The lowest BCUT2D eigenvalue weighted by Crippen LogP contribution is -2.43. The lowest BCUT2D eigenvalue weighted by molar-refractivity contribution is 0.0974. The smallest absolute Gasteiger partial charge is 0.184 e. The minimum atomic E-state index is 0.118. The quantitative estimate of drug-likeness (QED) is 0.580. The molecule has 1 fully saturated rings. The normalized spacial score (nSPS) is 16.1. The average molecular weight is 222 g/mol. The third-order valence-corrected chi connectivity index (χ3v) is 2.94. The van der Waals surface area contributed by atoms with Gasteiger partial charge in [0.2, 0.25) is 0 Å². The zero-order valence-corrected chi connectivity index (χ0v) is 9.65. The zero-order chi connectivity index (χ0) is 11.4. The molecule has 1 aromatic heterocycles. The van der Waals surface area contributed by atoms with Gasteiger partial charge in [-0.1, -0.05) is 25.0 Å². The molecular formula is C11H18N4O. The van der Waals surface area contributed by atoms with Crippen molar-refractivity contribution in [3.05, 3.63) is 11.9 Å². The average Bonchev–Trinajstić information content (AvgIpc) is 2.64. The van der Waals surface area contributed by atoms with Crippen molar-refractivity contribution in [1.29, 1.82) is 0 Å². The molecule has 0 unspecified atom stereocenters. The SMILES string of the molecule is CCCCCC(=O)c1cn(C2CNC2)nn1. The molecule has 5 heteroatoms. The number of unbranched alkanes of at least 4 members (excludes halogenated alkanes) is 2. The predicted molar refractivity (Wildman–Crippen MR) is 60.4 cm³/mol. The van der Waals surface area contributed by atoms with Gasteiger partial charge in [-0.05, 0) is 6.42 Å². The Hall–Kier alpha value is -1.23. The van der Waals surface area contributed by atoms with Gasteiger partial charge in [0.25, 0.3) is 0 Å². The number of hydrogen-bond donors (Lipinski definition) is 1. The highest BCUT2D eigenvalue weighted by molar-refractivity contribution is 5.93. The van der Waals surface area contributed by atoms with Crippen LogP contribution in [0.3, 0.4) is 0 Å². The van der Waals surface area contributed by atoms with Crippen molar-refractivity contribution in [2.75, 3.05) is 13.1 Å². The monoisotopic (exact) mass is 222 g/mol. The molecule has 1 aliphatic rings. The minimum absolute atomic E-state index is 0.118. The molecule has 1 N–H and O–H groups in total. The lowest BCUT2D eigenvalue weighted by atomic mass is 10.1. The molecule has 1 aromatic rings. The number of nitrogens with zero attached hydrogens (tertiary/aromatic N) is 3. The first-order chi connectivity index (χ1) is 7.81. The molecule has 0 saturated carbocycles. The van der Waals surface area contributed by atoms with E-state index >= 15 is 0 Å². The fourth-order valence-electron chi connectivity index (χ4n) is 1.71. The zero-order valence-electron chi connectivity index (χ0n) is 9.65. The Morgan fingerprint density at radius 3 is 3.00 bits per heavy atom. The summed E-state index contributed by atoms with van der Waals surface area (Å²) >= 11 is 0. The summed E-state index contributed by atoms with van der Waals surface area (Å²) in [5.41, 5.74) is 0.517.